The third-order valence-electron chi connectivity index (χ3n) is 4.48. The quantitative estimate of drug-likeness (QED) is 0.558. The average Bonchev–Trinajstić information content (AvgIpc) is 2.90. The Morgan fingerprint density at radius 1 is 1.07 bits per heavy atom. The van der Waals surface area contributed by atoms with E-state index in [1.807, 2.05) is 18.2 Å². The number of aliphatic hydroxyl groups is 2. The fourth-order valence-corrected chi connectivity index (χ4v) is 2.90. The average molecular weight is 390 g/mol. The van der Waals surface area contributed by atoms with Gasteiger partial charge in [-0.3, -0.25) is 19.1 Å². The molecule has 1 heterocycles. The number of hydrogen-bond acceptors (Lipinski definition) is 5. The lowest BCUT2D eigenvalue weighted by Crippen LogP contribution is -2.36. The molecule has 0 aliphatic heterocycles. The minimum Gasteiger partial charge on any atom is -0.395 e. The number of amides is 2. The van der Waals surface area contributed by atoms with Gasteiger partial charge in [-0.25, -0.2) is 4.68 Å². The number of aliphatic hydroxyl groups excluding tert-OH is 2. The number of carbonyl (C=O) groups excluding carboxylic acids is 2. The van der Waals surface area contributed by atoms with Crippen LogP contribution in [-0.2, 0) is 16.6 Å². The van der Waals surface area contributed by atoms with E-state index in [0.29, 0.717) is 11.4 Å². The smallest absolute Gasteiger partial charge is 0.295 e. The van der Waals surface area contributed by atoms with Crippen LogP contribution in [0.25, 0.3) is 5.69 Å². The molecule has 9 nitrogen and oxygen atoms in total. The van der Waals surface area contributed by atoms with Gasteiger partial charge in [0.25, 0.3) is 5.56 Å². The highest BCUT2D eigenvalue weighted by Crippen LogP contribution is 2.14. The maximum Gasteiger partial charge on any atom is 0.295 e. The van der Waals surface area contributed by atoms with Crippen molar-refractivity contribution in [1.82, 2.24) is 14.3 Å². The van der Waals surface area contributed by atoms with Crippen LogP contribution >= 0.6 is 0 Å². The maximum absolute atomic E-state index is 12.8. The molecular weight excluding hydrogens is 364 g/mol. The lowest BCUT2D eigenvalue weighted by molar-refractivity contribution is -0.133. The molecule has 0 bridgehead atoms. The summed E-state index contributed by atoms with van der Waals surface area (Å²) in [6.45, 7) is 1.48. The molecule has 0 aliphatic carbocycles. The second-order valence-corrected chi connectivity index (χ2v) is 6.31. The first-order valence-electron chi connectivity index (χ1n) is 9.04. The molecule has 0 aliphatic rings. The number of anilines is 1. The molecule has 0 radical (unpaired) electrons. The van der Waals surface area contributed by atoms with E-state index in [1.54, 1.807) is 30.8 Å². The molecule has 2 amide bonds. The molecule has 1 aromatic carbocycles. The first kappa shape index (κ1) is 21.4. The van der Waals surface area contributed by atoms with Gasteiger partial charge >= 0.3 is 0 Å². The molecule has 1 aromatic heterocycles. The van der Waals surface area contributed by atoms with E-state index in [4.69, 9.17) is 10.2 Å². The van der Waals surface area contributed by atoms with Crippen LogP contribution in [0.4, 0.5) is 5.69 Å². The van der Waals surface area contributed by atoms with Gasteiger partial charge in [0.05, 0.1) is 24.6 Å². The van der Waals surface area contributed by atoms with Gasteiger partial charge in [0.1, 0.15) is 5.69 Å². The second-order valence-electron chi connectivity index (χ2n) is 6.31. The van der Waals surface area contributed by atoms with Crippen LogP contribution in [0.15, 0.2) is 35.1 Å². The Labute approximate surface area is 162 Å². The molecule has 28 heavy (non-hydrogen) atoms. The van der Waals surface area contributed by atoms with Crippen LogP contribution in [0.1, 0.15) is 18.5 Å². The SMILES string of the molecule is Cc1c(NC(=O)CCC(=O)N(CCO)CCO)c(=O)n(-c2ccccc2)n1C. The zero-order valence-electron chi connectivity index (χ0n) is 16.1. The number of carbonyl (C=O) groups is 2. The van der Waals surface area contributed by atoms with Crippen LogP contribution in [0.2, 0.25) is 0 Å². The van der Waals surface area contributed by atoms with E-state index in [9.17, 15) is 14.4 Å². The van der Waals surface area contributed by atoms with Crippen molar-refractivity contribution in [3.8, 4) is 5.69 Å². The first-order chi connectivity index (χ1) is 13.4. The summed E-state index contributed by atoms with van der Waals surface area (Å²) in [6, 6.07) is 9.07. The van der Waals surface area contributed by atoms with Gasteiger partial charge in [0.2, 0.25) is 11.8 Å². The molecule has 0 saturated heterocycles. The summed E-state index contributed by atoms with van der Waals surface area (Å²) in [5, 5.41) is 20.6. The van der Waals surface area contributed by atoms with Crippen molar-refractivity contribution < 1.29 is 19.8 Å². The summed E-state index contributed by atoms with van der Waals surface area (Å²) in [5.41, 5.74) is 1.09. The molecule has 2 rings (SSSR count). The Kier molecular flexibility index (Phi) is 7.53. The molecule has 152 valence electrons. The Morgan fingerprint density at radius 3 is 2.25 bits per heavy atom. The zero-order valence-corrected chi connectivity index (χ0v) is 16.1. The Hall–Kier alpha value is -2.91. The molecule has 0 unspecified atom stereocenters. The highest BCUT2D eigenvalue weighted by Gasteiger charge is 2.19. The van der Waals surface area contributed by atoms with Crippen molar-refractivity contribution in [3.05, 3.63) is 46.4 Å². The minimum atomic E-state index is -0.452. The zero-order chi connectivity index (χ0) is 20.7. The minimum absolute atomic E-state index is 0.0788. The molecule has 3 N–H and O–H groups in total. The first-order valence-corrected chi connectivity index (χ1v) is 9.04. The largest absolute Gasteiger partial charge is 0.395 e. The molecule has 2 aromatic rings. The van der Waals surface area contributed by atoms with Crippen LogP contribution in [0.3, 0.4) is 0 Å². The van der Waals surface area contributed by atoms with Gasteiger partial charge in [-0.2, -0.15) is 0 Å². The Balaban J connectivity index is 2.09. The van der Waals surface area contributed by atoms with Gasteiger partial charge in [0, 0.05) is 33.0 Å². The summed E-state index contributed by atoms with van der Waals surface area (Å²) in [6.07, 6.45) is -0.185. The fourth-order valence-electron chi connectivity index (χ4n) is 2.90. The summed E-state index contributed by atoms with van der Waals surface area (Å²) >= 11 is 0. The number of nitrogens with one attached hydrogen (secondary N) is 1. The number of para-hydroxylation sites is 1. The number of benzene rings is 1. The van der Waals surface area contributed by atoms with Gasteiger partial charge in [-0.1, -0.05) is 18.2 Å². The lowest BCUT2D eigenvalue weighted by atomic mass is 10.2. The van der Waals surface area contributed by atoms with Crippen LogP contribution < -0.4 is 10.9 Å². The summed E-state index contributed by atoms with van der Waals surface area (Å²) in [5.74, 6) is -0.794. The van der Waals surface area contributed by atoms with E-state index in [-0.39, 0.29) is 56.3 Å². The highest BCUT2D eigenvalue weighted by molar-refractivity contribution is 5.93. The van der Waals surface area contributed by atoms with Gasteiger partial charge < -0.3 is 20.4 Å². The van der Waals surface area contributed by atoms with Gasteiger partial charge in [-0.05, 0) is 19.1 Å². The number of nitrogens with zero attached hydrogens (tertiary/aromatic N) is 3. The number of aromatic nitrogens is 2. The van der Waals surface area contributed by atoms with Crippen LogP contribution in [0.5, 0.6) is 0 Å². The van der Waals surface area contributed by atoms with Crippen LogP contribution in [0, 0.1) is 6.92 Å². The highest BCUT2D eigenvalue weighted by atomic mass is 16.3. The van der Waals surface area contributed by atoms with Crippen molar-refractivity contribution >= 4 is 17.5 Å². The normalized spacial score (nSPS) is 10.7. The maximum atomic E-state index is 12.8. The lowest BCUT2D eigenvalue weighted by Gasteiger charge is -2.20. The summed E-state index contributed by atoms with van der Waals surface area (Å²) in [4.78, 5) is 38.4. The van der Waals surface area contributed by atoms with Crippen molar-refractivity contribution in [1.29, 1.82) is 0 Å². The van der Waals surface area contributed by atoms with E-state index in [1.165, 1.54) is 9.58 Å². The summed E-state index contributed by atoms with van der Waals surface area (Å²) < 4.78 is 3.11. The van der Waals surface area contributed by atoms with Crippen LogP contribution in [-0.4, -0.2) is 62.6 Å². The van der Waals surface area contributed by atoms with Crippen molar-refractivity contribution in [2.45, 2.75) is 19.8 Å². The van der Waals surface area contributed by atoms with E-state index < -0.39 is 5.91 Å². The molecule has 0 fully saturated rings. The van der Waals surface area contributed by atoms with Crippen molar-refractivity contribution in [2.75, 3.05) is 31.6 Å². The molecule has 0 spiro atoms. The topological polar surface area (TPSA) is 117 Å². The van der Waals surface area contributed by atoms with E-state index in [0.717, 1.165) is 0 Å². The van der Waals surface area contributed by atoms with Gasteiger partial charge in [0.15, 0.2) is 0 Å². The molecular formula is C19H26N4O5. The third kappa shape index (κ3) is 4.87. The third-order valence-corrected chi connectivity index (χ3v) is 4.48. The second kappa shape index (κ2) is 9.86. The number of rotatable bonds is 9. The summed E-state index contributed by atoms with van der Waals surface area (Å²) in [7, 11) is 1.73. The standard InChI is InChI=1S/C19H26N4O5/c1-14-18(19(28)23(21(14)2)15-6-4-3-5-7-15)20-16(26)8-9-17(27)22(10-12-24)11-13-25/h3-7,24-25H,8-13H2,1-2H3,(H,20,26). The Morgan fingerprint density at radius 2 is 1.68 bits per heavy atom. The number of hydrogen-bond donors (Lipinski definition) is 3. The predicted molar refractivity (Wildman–Crippen MR) is 104 cm³/mol. The van der Waals surface area contributed by atoms with Crippen molar-refractivity contribution in [3.63, 3.8) is 0 Å². The molecule has 0 saturated carbocycles. The van der Waals surface area contributed by atoms with E-state index in [2.05, 4.69) is 5.32 Å². The predicted octanol–water partition coefficient (Wildman–Crippen LogP) is 0.0163. The van der Waals surface area contributed by atoms with Crippen molar-refractivity contribution in [2.24, 2.45) is 7.05 Å². The van der Waals surface area contributed by atoms with E-state index >= 15 is 0 Å². The molecule has 9 heteroatoms. The molecule has 0 atom stereocenters. The Bertz CT molecular complexity index is 866. The fraction of sp³-hybridized carbons (Fsp3) is 0.421. The van der Waals surface area contributed by atoms with Gasteiger partial charge in [-0.15, -0.1) is 0 Å². The monoisotopic (exact) mass is 390 g/mol.